The molecule has 0 amide bonds. The third-order valence-corrected chi connectivity index (χ3v) is 2.79. The molecule has 2 heterocycles. The van der Waals surface area contributed by atoms with Crippen molar-refractivity contribution in [2.45, 2.75) is 19.4 Å². The van der Waals surface area contributed by atoms with Crippen molar-refractivity contribution in [2.75, 3.05) is 12.3 Å². The van der Waals surface area contributed by atoms with Crippen molar-refractivity contribution >= 4 is 16.5 Å². The van der Waals surface area contributed by atoms with E-state index in [0.717, 1.165) is 17.8 Å². The van der Waals surface area contributed by atoms with Gasteiger partial charge in [-0.2, -0.15) is 0 Å². The zero-order valence-electron chi connectivity index (χ0n) is 8.70. The molecule has 0 spiro atoms. The van der Waals surface area contributed by atoms with Crippen molar-refractivity contribution in [1.29, 1.82) is 0 Å². The van der Waals surface area contributed by atoms with Gasteiger partial charge in [0.1, 0.15) is 0 Å². The molecule has 0 aliphatic rings. The van der Waals surface area contributed by atoms with E-state index in [0.29, 0.717) is 18.1 Å². The van der Waals surface area contributed by atoms with E-state index in [1.165, 1.54) is 11.3 Å². The fraction of sp³-hybridized carbons (Fsp3) is 0.444. The first-order valence-electron chi connectivity index (χ1n) is 4.97. The third-order valence-electron chi connectivity index (χ3n) is 2.07. The molecule has 86 valence electrons. The van der Waals surface area contributed by atoms with Gasteiger partial charge < -0.3 is 10.8 Å². The molecule has 2 aromatic heterocycles. The second-order valence-electron chi connectivity index (χ2n) is 3.41. The molecule has 0 aromatic carbocycles. The van der Waals surface area contributed by atoms with E-state index in [1.807, 2.05) is 11.6 Å². The standard InChI is InChI=1S/C9H13N5OS/c10-9-11-8(6-16-9)5-14-4-7(12-13-14)2-1-3-15/h4,6,15H,1-3,5H2,(H2,10,11). The SMILES string of the molecule is Nc1nc(Cn2cc(CCCO)nn2)cs1. The third kappa shape index (κ3) is 2.77. The number of aliphatic hydroxyl groups is 1. The van der Waals surface area contributed by atoms with Crippen LogP contribution in [0, 0.1) is 0 Å². The van der Waals surface area contributed by atoms with E-state index in [2.05, 4.69) is 15.3 Å². The molecule has 6 nitrogen and oxygen atoms in total. The molecule has 0 aliphatic carbocycles. The molecule has 0 radical (unpaired) electrons. The fourth-order valence-corrected chi connectivity index (χ4v) is 1.91. The lowest BCUT2D eigenvalue weighted by atomic mass is 10.3. The number of anilines is 1. The smallest absolute Gasteiger partial charge is 0.180 e. The van der Waals surface area contributed by atoms with Gasteiger partial charge in [0.05, 0.1) is 17.9 Å². The molecule has 0 saturated heterocycles. The Morgan fingerprint density at radius 1 is 1.44 bits per heavy atom. The van der Waals surface area contributed by atoms with Crippen LogP contribution in [-0.4, -0.2) is 31.7 Å². The predicted octanol–water partition coefficient (Wildman–Crippen LogP) is 0.290. The largest absolute Gasteiger partial charge is 0.396 e. The fourth-order valence-electron chi connectivity index (χ4n) is 1.35. The van der Waals surface area contributed by atoms with Gasteiger partial charge >= 0.3 is 0 Å². The van der Waals surface area contributed by atoms with Crippen molar-refractivity contribution in [3.05, 3.63) is 23.0 Å². The molecular formula is C9H13N5OS. The minimum absolute atomic E-state index is 0.176. The van der Waals surface area contributed by atoms with E-state index in [-0.39, 0.29) is 6.61 Å². The molecule has 0 saturated carbocycles. The van der Waals surface area contributed by atoms with Crippen LogP contribution >= 0.6 is 11.3 Å². The lowest BCUT2D eigenvalue weighted by Crippen LogP contribution is -2.00. The van der Waals surface area contributed by atoms with Crippen LogP contribution in [0.5, 0.6) is 0 Å². The quantitative estimate of drug-likeness (QED) is 0.782. The summed E-state index contributed by atoms with van der Waals surface area (Å²) < 4.78 is 1.72. The monoisotopic (exact) mass is 239 g/mol. The number of rotatable bonds is 5. The lowest BCUT2D eigenvalue weighted by Gasteiger charge is -1.94. The Balaban J connectivity index is 1.97. The van der Waals surface area contributed by atoms with Gasteiger partial charge in [-0.15, -0.1) is 16.4 Å². The Bertz CT molecular complexity index is 452. The van der Waals surface area contributed by atoms with Gasteiger partial charge in [-0.25, -0.2) is 9.67 Å². The van der Waals surface area contributed by atoms with E-state index in [9.17, 15) is 0 Å². The number of hydrogen-bond donors (Lipinski definition) is 2. The molecule has 0 unspecified atom stereocenters. The van der Waals surface area contributed by atoms with Gasteiger partial charge in [0.25, 0.3) is 0 Å². The van der Waals surface area contributed by atoms with Gasteiger partial charge in [0.2, 0.25) is 0 Å². The maximum absolute atomic E-state index is 8.69. The first kappa shape index (κ1) is 11.0. The van der Waals surface area contributed by atoms with Gasteiger partial charge in [0, 0.05) is 18.2 Å². The molecule has 16 heavy (non-hydrogen) atoms. The van der Waals surface area contributed by atoms with Gasteiger partial charge in [0.15, 0.2) is 5.13 Å². The Kier molecular flexibility index (Phi) is 3.47. The zero-order valence-corrected chi connectivity index (χ0v) is 9.52. The Hall–Kier alpha value is -1.47. The summed E-state index contributed by atoms with van der Waals surface area (Å²) in [5, 5.41) is 19.2. The average Bonchev–Trinajstić information content (AvgIpc) is 2.86. The number of thiazole rings is 1. The molecule has 3 N–H and O–H groups in total. The highest BCUT2D eigenvalue weighted by Crippen LogP contribution is 2.11. The van der Waals surface area contributed by atoms with E-state index in [1.54, 1.807) is 4.68 Å². The van der Waals surface area contributed by atoms with E-state index < -0.39 is 0 Å². The second kappa shape index (κ2) is 5.04. The molecule has 2 rings (SSSR count). The summed E-state index contributed by atoms with van der Waals surface area (Å²) in [4.78, 5) is 4.15. The minimum Gasteiger partial charge on any atom is -0.396 e. The normalized spacial score (nSPS) is 10.8. The van der Waals surface area contributed by atoms with Crippen molar-refractivity contribution in [3.63, 3.8) is 0 Å². The maximum atomic E-state index is 8.69. The molecule has 7 heteroatoms. The number of hydrogen-bond acceptors (Lipinski definition) is 6. The number of aryl methyl sites for hydroxylation is 1. The van der Waals surface area contributed by atoms with Crippen LogP contribution in [0.25, 0.3) is 0 Å². The predicted molar refractivity (Wildman–Crippen MR) is 61.1 cm³/mol. The number of nitrogens with two attached hydrogens (primary N) is 1. The minimum atomic E-state index is 0.176. The van der Waals surface area contributed by atoms with Crippen LogP contribution < -0.4 is 5.73 Å². The van der Waals surface area contributed by atoms with E-state index >= 15 is 0 Å². The Morgan fingerprint density at radius 2 is 2.31 bits per heavy atom. The first-order valence-corrected chi connectivity index (χ1v) is 5.85. The highest BCUT2D eigenvalue weighted by atomic mass is 32.1. The maximum Gasteiger partial charge on any atom is 0.180 e. The molecule has 0 aliphatic heterocycles. The lowest BCUT2D eigenvalue weighted by molar-refractivity contribution is 0.288. The second-order valence-corrected chi connectivity index (χ2v) is 4.30. The van der Waals surface area contributed by atoms with Crippen LogP contribution in [0.15, 0.2) is 11.6 Å². The topological polar surface area (TPSA) is 89.8 Å². The van der Waals surface area contributed by atoms with Gasteiger partial charge in [-0.1, -0.05) is 5.21 Å². The van der Waals surface area contributed by atoms with Crippen LogP contribution in [0.4, 0.5) is 5.13 Å². The molecule has 0 bridgehead atoms. The molecule has 2 aromatic rings. The van der Waals surface area contributed by atoms with Crippen LogP contribution in [0.3, 0.4) is 0 Å². The molecular weight excluding hydrogens is 226 g/mol. The van der Waals surface area contributed by atoms with Crippen LogP contribution in [0.2, 0.25) is 0 Å². The number of aromatic nitrogens is 4. The highest BCUT2D eigenvalue weighted by Gasteiger charge is 2.03. The van der Waals surface area contributed by atoms with Gasteiger partial charge in [-0.3, -0.25) is 0 Å². The summed E-state index contributed by atoms with van der Waals surface area (Å²) in [7, 11) is 0. The van der Waals surface area contributed by atoms with Crippen molar-refractivity contribution < 1.29 is 5.11 Å². The molecule has 0 atom stereocenters. The first-order chi connectivity index (χ1) is 7.78. The van der Waals surface area contributed by atoms with E-state index in [4.69, 9.17) is 10.8 Å². The average molecular weight is 239 g/mol. The van der Waals surface area contributed by atoms with Crippen molar-refractivity contribution in [2.24, 2.45) is 0 Å². The zero-order chi connectivity index (χ0) is 11.4. The Labute approximate surface area is 96.7 Å². The molecule has 0 fully saturated rings. The summed E-state index contributed by atoms with van der Waals surface area (Å²) >= 11 is 1.42. The van der Waals surface area contributed by atoms with Crippen molar-refractivity contribution in [1.82, 2.24) is 20.0 Å². The summed E-state index contributed by atoms with van der Waals surface area (Å²) in [6.07, 6.45) is 3.32. The van der Waals surface area contributed by atoms with Gasteiger partial charge in [-0.05, 0) is 12.8 Å². The highest BCUT2D eigenvalue weighted by molar-refractivity contribution is 7.13. The summed E-state index contributed by atoms with van der Waals surface area (Å²) in [6.45, 7) is 0.759. The number of nitrogen functional groups attached to an aromatic ring is 1. The Morgan fingerprint density at radius 3 is 3.00 bits per heavy atom. The number of aliphatic hydroxyl groups excluding tert-OH is 1. The summed E-state index contributed by atoms with van der Waals surface area (Å²) in [6, 6.07) is 0. The summed E-state index contributed by atoms with van der Waals surface area (Å²) in [5.74, 6) is 0. The van der Waals surface area contributed by atoms with Crippen LogP contribution in [0.1, 0.15) is 17.8 Å². The van der Waals surface area contributed by atoms with Crippen molar-refractivity contribution in [3.8, 4) is 0 Å². The van der Waals surface area contributed by atoms with Crippen LogP contribution in [-0.2, 0) is 13.0 Å². The number of nitrogens with zero attached hydrogens (tertiary/aromatic N) is 4. The summed E-state index contributed by atoms with van der Waals surface area (Å²) in [5.41, 5.74) is 7.31.